The van der Waals surface area contributed by atoms with Crippen LogP contribution in [0.25, 0.3) is 0 Å². The lowest BCUT2D eigenvalue weighted by molar-refractivity contribution is -0.147. The molecule has 135 valence electrons. The van der Waals surface area contributed by atoms with Crippen LogP contribution in [0.4, 0.5) is 0 Å². The van der Waals surface area contributed by atoms with Gasteiger partial charge in [-0.05, 0) is 19.8 Å². The Balaban J connectivity index is 2.09. The van der Waals surface area contributed by atoms with E-state index in [-0.39, 0.29) is 17.9 Å². The highest BCUT2D eigenvalue weighted by atomic mass is 16.4. The normalized spacial score (nSPS) is 31.6. The zero-order valence-electron chi connectivity index (χ0n) is 14.0. The Labute approximate surface area is 142 Å². The first-order valence-electron chi connectivity index (χ1n) is 8.53. The molecule has 1 radical (unpaired) electrons. The average molecular weight is 340 g/mol. The third-order valence-corrected chi connectivity index (χ3v) is 5.43. The highest BCUT2D eigenvalue weighted by Gasteiger charge is 2.58. The van der Waals surface area contributed by atoms with Crippen molar-refractivity contribution >= 4 is 19.4 Å². The van der Waals surface area contributed by atoms with Crippen molar-refractivity contribution in [2.45, 2.75) is 62.7 Å². The van der Waals surface area contributed by atoms with Crippen molar-refractivity contribution in [1.29, 1.82) is 0 Å². The van der Waals surface area contributed by atoms with E-state index in [0.717, 1.165) is 13.9 Å². The van der Waals surface area contributed by atoms with Crippen LogP contribution >= 0.6 is 0 Å². The molecule has 0 aromatic heterocycles. The molecule has 0 aliphatic carbocycles. The second kappa shape index (κ2) is 7.82. The highest BCUT2D eigenvalue weighted by Crippen LogP contribution is 2.41. The van der Waals surface area contributed by atoms with E-state index in [1.54, 1.807) is 4.90 Å². The van der Waals surface area contributed by atoms with Crippen LogP contribution in [0.5, 0.6) is 0 Å². The summed E-state index contributed by atoms with van der Waals surface area (Å²) in [7, 11) is 1.09. The third kappa shape index (κ3) is 3.44. The molecule has 0 spiro atoms. The average Bonchev–Trinajstić information content (AvgIpc) is 3.11. The number of likely N-dealkylation sites (tertiary alicyclic amines) is 1. The van der Waals surface area contributed by atoms with Crippen molar-refractivity contribution in [3.8, 4) is 0 Å². The van der Waals surface area contributed by atoms with Crippen LogP contribution < -0.4 is 11.1 Å². The van der Waals surface area contributed by atoms with E-state index in [9.17, 15) is 19.8 Å². The van der Waals surface area contributed by atoms with E-state index in [2.05, 4.69) is 5.32 Å². The van der Waals surface area contributed by atoms with Gasteiger partial charge in [0.1, 0.15) is 11.6 Å². The summed E-state index contributed by atoms with van der Waals surface area (Å²) in [6.45, 7) is 2.36. The number of aliphatic hydroxyl groups excluding tert-OH is 1. The predicted octanol–water partition coefficient (Wildman–Crippen LogP) is -1.46. The third-order valence-electron chi connectivity index (χ3n) is 5.43. The van der Waals surface area contributed by atoms with Gasteiger partial charge in [0.2, 0.25) is 5.91 Å². The van der Waals surface area contributed by atoms with Gasteiger partial charge in [-0.2, -0.15) is 0 Å². The van der Waals surface area contributed by atoms with Crippen LogP contribution in [0.3, 0.4) is 0 Å². The van der Waals surface area contributed by atoms with Crippen LogP contribution in [-0.2, 0) is 9.59 Å². The molecule has 0 bridgehead atoms. The quantitative estimate of drug-likeness (QED) is 0.269. The van der Waals surface area contributed by atoms with Crippen LogP contribution in [0, 0.1) is 5.92 Å². The molecule has 2 aliphatic heterocycles. The lowest BCUT2D eigenvalue weighted by atomic mass is 9.78. The van der Waals surface area contributed by atoms with E-state index >= 15 is 0 Å². The molecule has 0 aromatic carbocycles. The maximum absolute atomic E-state index is 12.4. The Hall–Kier alpha value is -1.16. The minimum atomic E-state index is -1.04. The topological polar surface area (TPSA) is 136 Å². The summed E-state index contributed by atoms with van der Waals surface area (Å²) < 4.78 is 0. The smallest absolute Gasteiger partial charge is 0.324 e. The van der Waals surface area contributed by atoms with E-state index in [1.165, 1.54) is 6.92 Å². The molecular formula is C15H27BN3O5. The summed E-state index contributed by atoms with van der Waals surface area (Å²) in [4.78, 5) is 26.0. The fourth-order valence-electron chi connectivity index (χ4n) is 4.02. The van der Waals surface area contributed by atoms with Gasteiger partial charge in [-0.1, -0.05) is 19.2 Å². The Morgan fingerprint density at radius 1 is 1.46 bits per heavy atom. The van der Waals surface area contributed by atoms with Crippen LogP contribution in [0.1, 0.15) is 32.6 Å². The number of amides is 1. The summed E-state index contributed by atoms with van der Waals surface area (Å²) in [5, 5.41) is 31.2. The minimum absolute atomic E-state index is 0.168. The molecule has 2 aliphatic rings. The summed E-state index contributed by atoms with van der Waals surface area (Å²) >= 11 is 0. The van der Waals surface area contributed by atoms with Crippen molar-refractivity contribution in [1.82, 2.24) is 10.2 Å². The molecule has 24 heavy (non-hydrogen) atoms. The molecule has 9 heteroatoms. The molecule has 5 atom stereocenters. The van der Waals surface area contributed by atoms with Gasteiger partial charge in [0.05, 0.1) is 6.10 Å². The van der Waals surface area contributed by atoms with Crippen molar-refractivity contribution < 1.29 is 24.8 Å². The number of aliphatic hydroxyl groups is 1. The van der Waals surface area contributed by atoms with Gasteiger partial charge in [-0.3, -0.25) is 14.9 Å². The Morgan fingerprint density at radius 2 is 2.17 bits per heavy atom. The zero-order valence-corrected chi connectivity index (χ0v) is 14.0. The lowest BCUT2D eigenvalue weighted by Gasteiger charge is -2.31. The number of nitrogens with one attached hydrogen (secondary N) is 1. The maximum Gasteiger partial charge on any atom is 0.324 e. The van der Waals surface area contributed by atoms with Gasteiger partial charge in [0.25, 0.3) is 7.48 Å². The van der Waals surface area contributed by atoms with Crippen LogP contribution in [0.2, 0.25) is 6.32 Å². The summed E-state index contributed by atoms with van der Waals surface area (Å²) in [6.07, 6.45) is 2.07. The van der Waals surface area contributed by atoms with Gasteiger partial charge in [-0.15, -0.1) is 0 Å². The zero-order chi connectivity index (χ0) is 17.9. The second-order valence-electron chi connectivity index (χ2n) is 6.85. The van der Waals surface area contributed by atoms with Crippen molar-refractivity contribution in [3.63, 3.8) is 0 Å². The van der Waals surface area contributed by atoms with E-state index in [0.29, 0.717) is 38.7 Å². The van der Waals surface area contributed by atoms with Crippen LogP contribution in [0.15, 0.2) is 0 Å². The molecule has 6 N–H and O–H groups in total. The number of carboxylic acid groups (broad SMARTS) is 1. The number of hydrogen-bond donors (Lipinski definition) is 5. The molecule has 2 fully saturated rings. The first kappa shape index (κ1) is 19.2. The standard InChI is InChI=1S/C15H27BN3O5/c1-9(20)12(17)13(21)19-7-4-10-11(19)8-18-15(10,14(22)23)5-2-3-6-16-24/h9-12,18,20,24H,2-8,17H2,1H3,(H,22,23)/t9-,10-,11-,12?,15+/m0/s1. The number of aliphatic carboxylic acids is 1. The number of carbonyl (C=O) groups excluding carboxylic acids is 1. The van der Waals surface area contributed by atoms with Gasteiger partial charge in [0.15, 0.2) is 0 Å². The number of unbranched alkanes of at least 4 members (excludes halogenated alkanes) is 1. The molecule has 0 saturated carbocycles. The number of rotatable bonds is 8. The molecule has 2 heterocycles. The fourth-order valence-corrected chi connectivity index (χ4v) is 4.02. The molecule has 2 saturated heterocycles. The largest absolute Gasteiger partial charge is 0.480 e. The minimum Gasteiger partial charge on any atom is -0.480 e. The van der Waals surface area contributed by atoms with E-state index in [4.69, 9.17) is 10.8 Å². The second-order valence-corrected chi connectivity index (χ2v) is 6.85. The number of carboxylic acids is 1. The van der Waals surface area contributed by atoms with Crippen LogP contribution in [-0.4, -0.2) is 76.3 Å². The summed E-state index contributed by atoms with van der Waals surface area (Å²) in [6, 6.07) is -1.19. The Morgan fingerprint density at radius 3 is 2.75 bits per heavy atom. The number of nitrogens with zero attached hydrogens (tertiary/aromatic N) is 1. The van der Waals surface area contributed by atoms with E-state index in [1.807, 2.05) is 0 Å². The van der Waals surface area contributed by atoms with Gasteiger partial charge in [0, 0.05) is 25.0 Å². The summed E-state index contributed by atoms with van der Waals surface area (Å²) in [5.41, 5.74) is 4.72. The lowest BCUT2D eigenvalue weighted by Crippen LogP contribution is -2.52. The molecule has 1 unspecified atom stereocenters. The van der Waals surface area contributed by atoms with Gasteiger partial charge < -0.3 is 25.9 Å². The Kier molecular flexibility index (Phi) is 6.25. The number of fused-ring (bicyclic) bond motifs is 1. The molecule has 8 nitrogen and oxygen atoms in total. The predicted molar refractivity (Wildman–Crippen MR) is 88.3 cm³/mol. The number of carbonyl (C=O) groups is 2. The number of hydrogen-bond acceptors (Lipinski definition) is 6. The Bertz CT molecular complexity index is 478. The molecular weight excluding hydrogens is 313 g/mol. The maximum atomic E-state index is 12.4. The van der Waals surface area contributed by atoms with Crippen molar-refractivity contribution in [2.75, 3.05) is 13.1 Å². The molecule has 2 rings (SSSR count). The van der Waals surface area contributed by atoms with Gasteiger partial charge >= 0.3 is 5.97 Å². The fraction of sp³-hybridized carbons (Fsp3) is 0.867. The first-order chi connectivity index (χ1) is 11.3. The molecule has 1 amide bonds. The number of nitrogens with two attached hydrogens (primary N) is 1. The first-order valence-corrected chi connectivity index (χ1v) is 8.53. The SMILES string of the molecule is C[C@H](O)C(N)C(=O)N1CC[C@H]2[C@@H]1CN[C@@]2(CCCC[B]O)C(=O)O. The summed E-state index contributed by atoms with van der Waals surface area (Å²) in [5.74, 6) is -1.38. The van der Waals surface area contributed by atoms with Gasteiger partial charge in [-0.25, -0.2) is 0 Å². The van der Waals surface area contributed by atoms with Crippen molar-refractivity contribution in [3.05, 3.63) is 0 Å². The monoisotopic (exact) mass is 340 g/mol. The van der Waals surface area contributed by atoms with E-state index < -0.39 is 23.7 Å². The highest BCUT2D eigenvalue weighted by molar-refractivity contribution is 6.25. The molecule has 0 aromatic rings. The van der Waals surface area contributed by atoms with Crippen molar-refractivity contribution in [2.24, 2.45) is 11.7 Å².